The van der Waals surface area contributed by atoms with E-state index in [1.165, 1.54) is 0 Å². The number of carboxylic acids is 1. The number of hydrogen-bond acceptors (Lipinski definition) is 5. The van der Waals surface area contributed by atoms with Crippen LogP contribution in [-0.2, 0) is 20.7 Å². The summed E-state index contributed by atoms with van der Waals surface area (Å²) in [5.74, 6) is -0.0992. The lowest BCUT2D eigenvalue weighted by atomic mass is 9.90. The molecule has 7 heteroatoms. The summed E-state index contributed by atoms with van der Waals surface area (Å²) in [7, 11) is 0. The molecule has 0 spiro atoms. The second-order valence-electron chi connectivity index (χ2n) is 5.41. The quantitative estimate of drug-likeness (QED) is 0.851. The molecule has 2 N–H and O–H groups in total. The molecular weight excluding hydrogens is 290 g/mol. The Morgan fingerprint density at radius 2 is 1.91 bits per heavy atom. The van der Waals surface area contributed by atoms with Crippen LogP contribution in [-0.4, -0.2) is 42.5 Å². The first-order valence-electron chi connectivity index (χ1n) is 7.10. The molecule has 2 aliphatic rings. The number of aliphatic carboxylic acids is 1. The van der Waals surface area contributed by atoms with E-state index in [0.29, 0.717) is 24.7 Å². The minimum absolute atomic E-state index is 0.0898. The largest absolute Gasteiger partial charge is 0.480 e. The lowest BCUT2D eigenvalue weighted by molar-refractivity contribution is -0.152. The summed E-state index contributed by atoms with van der Waals surface area (Å²) >= 11 is 0. The van der Waals surface area contributed by atoms with E-state index in [-0.39, 0.29) is 32.0 Å². The van der Waals surface area contributed by atoms with Gasteiger partial charge in [-0.25, -0.2) is 4.79 Å². The van der Waals surface area contributed by atoms with Gasteiger partial charge in [-0.2, -0.15) is 0 Å². The Bertz CT molecular complexity index is 594. The smallest absolute Gasteiger partial charge is 0.329 e. The Balaban J connectivity index is 1.67. The van der Waals surface area contributed by atoms with Gasteiger partial charge in [-0.15, -0.1) is 0 Å². The zero-order chi connectivity index (χ0) is 15.6. The summed E-state index contributed by atoms with van der Waals surface area (Å²) in [6, 6.07) is 5.25. The van der Waals surface area contributed by atoms with Gasteiger partial charge >= 0.3 is 5.97 Å². The lowest BCUT2D eigenvalue weighted by Gasteiger charge is -2.33. The highest BCUT2D eigenvalue weighted by molar-refractivity contribution is 5.88. The van der Waals surface area contributed by atoms with Crippen molar-refractivity contribution in [3.63, 3.8) is 0 Å². The fourth-order valence-electron chi connectivity index (χ4n) is 2.66. The van der Waals surface area contributed by atoms with E-state index in [1.807, 2.05) is 0 Å². The number of hydrogen-bond donors (Lipinski definition) is 2. The second kappa shape index (κ2) is 5.84. The number of carbonyl (C=O) groups excluding carboxylic acids is 1. The molecule has 1 amide bonds. The number of nitrogens with one attached hydrogen (secondary N) is 1. The first kappa shape index (κ1) is 14.6. The molecule has 22 heavy (non-hydrogen) atoms. The Morgan fingerprint density at radius 3 is 2.64 bits per heavy atom. The average molecular weight is 307 g/mol. The third-order valence-corrected chi connectivity index (χ3v) is 3.94. The normalized spacial score (nSPS) is 18.7. The van der Waals surface area contributed by atoms with E-state index in [2.05, 4.69) is 5.32 Å². The molecule has 3 rings (SSSR count). The van der Waals surface area contributed by atoms with Crippen LogP contribution in [0.5, 0.6) is 11.5 Å². The van der Waals surface area contributed by atoms with E-state index in [0.717, 1.165) is 5.56 Å². The highest BCUT2D eigenvalue weighted by Gasteiger charge is 2.41. The molecular formula is C15H17NO6. The van der Waals surface area contributed by atoms with Crippen molar-refractivity contribution in [1.82, 2.24) is 5.32 Å². The van der Waals surface area contributed by atoms with Crippen LogP contribution in [0.4, 0.5) is 0 Å². The van der Waals surface area contributed by atoms with E-state index >= 15 is 0 Å². The highest BCUT2D eigenvalue weighted by atomic mass is 16.7. The minimum atomic E-state index is -1.23. The summed E-state index contributed by atoms with van der Waals surface area (Å²) in [6.45, 7) is 0.834. The molecule has 0 atom stereocenters. The van der Waals surface area contributed by atoms with Crippen molar-refractivity contribution in [2.45, 2.75) is 24.8 Å². The minimum Gasteiger partial charge on any atom is -0.480 e. The Kier molecular flexibility index (Phi) is 3.89. The standard InChI is InChI=1S/C15H17NO6/c17-13(16-15(14(18)19)3-5-20-6-4-15)8-10-1-2-11-12(7-10)22-9-21-11/h1-2,7H,3-6,8-9H2,(H,16,17)(H,18,19). The van der Waals surface area contributed by atoms with Crippen molar-refractivity contribution in [2.75, 3.05) is 20.0 Å². The van der Waals surface area contributed by atoms with Crippen LogP contribution in [0.3, 0.4) is 0 Å². The fraction of sp³-hybridized carbons (Fsp3) is 0.467. The van der Waals surface area contributed by atoms with Gasteiger partial charge in [-0.05, 0) is 17.7 Å². The maximum absolute atomic E-state index is 12.2. The van der Waals surface area contributed by atoms with Crippen molar-refractivity contribution < 1.29 is 28.9 Å². The lowest BCUT2D eigenvalue weighted by Crippen LogP contribution is -2.57. The van der Waals surface area contributed by atoms with Gasteiger partial charge in [0.05, 0.1) is 6.42 Å². The number of carbonyl (C=O) groups is 2. The van der Waals surface area contributed by atoms with Crippen LogP contribution in [0.15, 0.2) is 18.2 Å². The first-order valence-corrected chi connectivity index (χ1v) is 7.10. The van der Waals surface area contributed by atoms with Gasteiger partial charge in [0.1, 0.15) is 5.54 Å². The van der Waals surface area contributed by atoms with Gasteiger partial charge in [-0.3, -0.25) is 4.79 Å². The highest BCUT2D eigenvalue weighted by Crippen LogP contribution is 2.32. The molecule has 2 aliphatic heterocycles. The van der Waals surface area contributed by atoms with Crippen molar-refractivity contribution in [3.8, 4) is 11.5 Å². The van der Waals surface area contributed by atoms with Crippen LogP contribution in [0.2, 0.25) is 0 Å². The molecule has 0 saturated carbocycles. The summed E-state index contributed by atoms with van der Waals surface area (Å²) in [4.78, 5) is 23.7. The SMILES string of the molecule is O=C(Cc1ccc2c(c1)OCO2)NC1(C(=O)O)CCOCC1. The van der Waals surface area contributed by atoms with Crippen LogP contribution in [0.25, 0.3) is 0 Å². The zero-order valence-electron chi connectivity index (χ0n) is 12.0. The predicted molar refractivity (Wildman–Crippen MR) is 74.8 cm³/mol. The van der Waals surface area contributed by atoms with E-state index in [1.54, 1.807) is 18.2 Å². The predicted octanol–water partition coefficient (Wildman–Crippen LogP) is 0.708. The zero-order valence-corrected chi connectivity index (χ0v) is 12.0. The summed E-state index contributed by atoms with van der Waals surface area (Å²) in [5, 5.41) is 12.1. The maximum Gasteiger partial charge on any atom is 0.329 e. The molecule has 1 saturated heterocycles. The van der Waals surface area contributed by atoms with Gasteiger partial charge in [-0.1, -0.05) is 6.07 Å². The van der Waals surface area contributed by atoms with Gasteiger partial charge < -0.3 is 24.6 Å². The van der Waals surface area contributed by atoms with Gasteiger partial charge in [0, 0.05) is 26.1 Å². The van der Waals surface area contributed by atoms with E-state index < -0.39 is 11.5 Å². The Labute approximate surface area is 127 Å². The van der Waals surface area contributed by atoms with Crippen molar-refractivity contribution >= 4 is 11.9 Å². The van der Waals surface area contributed by atoms with Crippen molar-refractivity contribution in [3.05, 3.63) is 23.8 Å². The molecule has 0 aromatic heterocycles. The monoisotopic (exact) mass is 307 g/mol. The second-order valence-corrected chi connectivity index (χ2v) is 5.41. The van der Waals surface area contributed by atoms with Crippen LogP contribution >= 0.6 is 0 Å². The molecule has 0 aliphatic carbocycles. The molecule has 2 heterocycles. The first-order chi connectivity index (χ1) is 10.6. The average Bonchev–Trinajstić information content (AvgIpc) is 2.95. The Morgan fingerprint density at radius 1 is 1.18 bits per heavy atom. The number of benzene rings is 1. The molecule has 0 bridgehead atoms. The van der Waals surface area contributed by atoms with Gasteiger partial charge in [0.15, 0.2) is 11.5 Å². The van der Waals surface area contributed by atoms with Gasteiger partial charge in [0.25, 0.3) is 0 Å². The van der Waals surface area contributed by atoms with E-state index in [4.69, 9.17) is 14.2 Å². The van der Waals surface area contributed by atoms with E-state index in [9.17, 15) is 14.7 Å². The molecule has 7 nitrogen and oxygen atoms in total. The van der Waals surface area contributed by atoms with Crippen LogP contribution in [0.1, 0.15) is 18.4 Å². The topological polar surface area (TPSA) is 94.1 Å². The number of amides is 1. The third-order valence-electron chi connectivity index (χ3n) is 3.94. The van der Waals surface area contributed by atoms with Crippen molar-refractivity contribution in [1.29, 1.82) is 0 Å². The summed E-state index contributed by atoms with van der Waals surface area (Å²) in [5.41, 5.74) is -0.486. The summed E-state index contributed by atoms with van der Waals surface area (Å²) < 4.78 is 15.7. The molecule has 118 valence electrons. The summed E-state index contributed by atoms with van der Waals surface area (Å²) in [6.07, 6.45) is 0.636. The molecule has 0 radical (unpaired) electrons. The molecule has 1 fully saturated rings. The van der Waals surface area contributed by atoms with Crippen LogP contribution in [0, 0.1) is 0 Å². The maximum atomic E-state index is 12.2. The number of ether oxygens (including phenoxy) is 3. The molecule has 0 unspecified atom stereocenters. The van der Waals surface area contributed by atoms with Crippen molar-refractivity contribution in [2.24, 2.45) is 0 Å². The number of rotatable bonds is 4. The third kappa shape index (κ3) is 2.85. The number of carboxylic acid groups (broad SMARTS) is 1. The van der Waals surface area contributed by atoms with Gasteiger partial charge in [0.2, 0.25) is 12.7 Å². The molecule has 1 aromatic rings. The molecule has 1 aromatic carbocycles. The Hall–Kier alpha value is -2.28. The van der Waals surface area contributed by atoms with Crippen LogP contribution < -0.4 is 14.8 Å². The number of fused-ring (bicyclic) bond motifs is 1. The fourth-order valence-corrected chi connectivity index (χ4v) is 2.66.